The number of carbonyl (C=O) groups excluding carboxylic acids is 1. The number of carbonyl (C=O) groups is 1. The lowest BCUT2D eigenvalue weighted by atomic mass is 10.2. The Hall–Kier alpha value is -1.90. The van der Waals surface area contributed by atoms with Gasteiger partial charge in [-0.15, -0.1) is 10.2 Å². The molecular formula is C21H32N5O2S+. The highest BCUT2D eigenvalue weighted by molar-refractivity contribution is 7.99. The monoisotopic (exact) mass is 418 g/mol. The largest absolute Gasteiger partial charge is 0.376 e. The molecule has 1 fully saturated rings. The first kappa shape index (κ1) is 21.8. The fourth-order valence-corrected chi connectivity index (χ4v) is 4.42. The lowest BCUT2D eigenvalue weighted by Gasteiger charge is -2.20. The Labute approximate surface area is 177 Å². The molecule has 1 aromatic heterocycles. The Morgan fingerprint density at radius 1 is 1.34 bits per heavy atom. The first-order valence-corrected chi connectivity index (χ1v) is 11.3. The third kappa shape index (κ3) is 6.04. The fraction of sp³-hybridized carbons (Fsp3) is 0.571. The van der Waals surface area contributed by atoms with E-state index < -0.39 is 0 Å². The van der Waals surface area contributed by atoms with Crippen LogP contribution in [0.5, 0.6) is 0 Å². The molecule has 2 atom stereocenters. The standard InChI is InChI=1S/C21H31N5O2S/c1-4-18(25(2)3)20-23-24-21(26(20)14-16-9-6-5-7-10-16)29-15-19(27)22-13-17-11-8-12-28-17/h5-7,9-10,17-18H,4,8,11-15H2,1-3H3,(H,22,27)/p+1/t17-,18-/m1/s1. The molecule has 1 aliphatic rings. The van der Waals surface area contributed by atoms with Crippen LogP contribution in [0.3, 0.4) is 0 Å². The van der Waals surface area contributed by atoms with Crippen molar-refractivity contribution in [1.29, 1.82) is 0 Å². The Kier molecular flexibility index (Phi) is 8.09. The molecule has 7 nitrogen and oxygen atoms in total. The molecule has 2 aromatic rings. The van der Waals surface area contributed by atoms with Crippen molar-refractivity contribution < 1.29 is 14.4 Å². The summed E-state index contributed by atoms with van der Waals surface area (Å²) in [7, 11) is 4.28. The third-order valence-corrected chi connectivity index (χ3v) is 6.20. The Morgan fingerprint density at radius 3 is 2.79 bits per heavy atom. The van der Waals surface area contributed by atoms with Crippen molar-refractivity contribution in [2.75, 3.05) is 33.0 Å². The van der Waals surface area contributed by atoms with Crippen molar-refractivity contribution in [1.82, 2.24) is 20.1 Å². The third-order valence-electron chi connectivity index (χ3n) is 5.23. The van der Waals surface area contributed by atoms with Gasteiger partial charge < -0.3 is 15.0 Å². The Bertz CT molecular complexity index is 775. The van der Waals surface area contributed by atoms with Gasteiger partial charge in [-0.1, -0.05) is 49.0 Å². The smallest absolute Gasteiger partial charge is 0.230 e. The van der Waals surface area contributed by atoms with Gasteiger partial charge >= 0.3 is 0 Å². The molecule has 2 N–H and O–H groups in total. The minimum Gasteiger partial charge on any atom is -0.376 e. The van der Waals surface area contributed by atoms with Crippen LogP contribution in [0, 0.1) is 0 Å². The van der Waals surface area contributed by atoms with Gasteiger partial charge in [-0.05, 0) is 18.4 Å². The fourth-order valence-electron chi connectivity index (χ4n) is 3.64. The van der Waals surface area contributed by atoms with Gasteiger partial charge in [0.1, 0.15) is 6.04 Å². The number of nitrogens with one attached hydrogen (secondary N) is 2. The lowest BCUT2D eigenvalue weighted by molar-refractivity contribution is -0.893. The molecule has 1 saturated heterocycles. The molecule has 0 radical (unpaired) electrons. The Morgan fingerprint density at radius 2 is 2.14 bits per heavy atom. The topological polar surface area (TPSA) is 73.5 Å². The van der Waals surface area contributed by atoms with Crippen molar-refractivity contribution in [3.05, 3.63) is 41.7 Å². The number of nitrogens with zero attached hydrogens (tertiary/aromatic N) is 3. The van der Waals surface area contributed by atoms with Crippen molar-refractivity contribution in [2.24, 2.45) is 0 Å². The maximum atomic E-state index is 12.3. The molecular weight excluding hydrogens is 386 g/mol. The van der Waals surface area contributed by atoms with Crippen LogP contribution in [-0.4, -0.2) is 59.8 Å². The molecule has 8 heteroatoms. The summed E-state index contributed by atoms with van der Waals surface area (Å²) in [6.45, 7) is 4.26. The van der Waals surface area contributed by atoms with Crippen molar-refractivity contribution >= 4 is 17.7 Å². The molecule has 0 unspecified atom stereocenters. The van der Waals surface area contributed by atoms with Crippen molar-refractivity contribution in [3.8, 4) is 0 Å². The maximum absolute atomic E-state index is 12.3. The van der Waals surface area contributed by atoms with Crippen LogP contribution in [0.25, 0.3) is 0 Å². The van der Waals surface area contributed by atoms with Crippen LogP contribution < -0.4 is 10.2 Å². The molecule has 29 heavy (non-hydrogen) atoms. The number of ether oxygens (including phenoxy) is 1. The molecule has 2 heterocycles. The zero-order valence-corrected chi connectivity index (χ0v) is 18.4. The van der Waals surface area contributed by atoms with Crippen LogP contribution in [-0.2, 0) is 16.1 Å². The molecule has 0 saturated carbocycles. The SMILES string of the molecule is CC[C@H](c1nnc(SCC(=O)NC[C@H]2CCCO2)n1Cc1ccccc1)[NH+](C)C. The molecule has 3 rings (SSSR count). The maximum Gasteiger partial charge on any atom is 0.230 e. The quantitative estimate of drug-likeness (QED) is 0.569. The van der Waals surface area contributed by atoms with Gasteiger partial charge in [-0.3, -0.25) is 9.36 Å². The molecule has 1 aliphatic heterocycles. The van der Waals surface area contributed by atoms with E-state index in [2.05, 4.69) is 53.2 Å². The van der Waals surface area contributed by atoms with E-state index in [-0.39, 0.29) is 18.1 Å². The number of quaternary nitrogens is 1. The summed E-state index contributed by atoms with van der Waals surface area (Å²) in [5.74, 6) is 1.30. The zero-order valence-electron chi connectivity index (χ0n) is 17.6. The normalized spacial score (nSPS) is 17.6. The van der Waals surface area contributed by atoms with E-state index in [0.717, 1.165) is 36.9 Å². The summed E-state index contributed by atoms with van der Waals surface area (Å²) >= 11 is 1.44. The second-order valence-corrected chi connectivity index (χ2v) is 8.62. The number of benzene rings is 1. The van der Waals surface area contributed by atoms with Gasteiger partial charge in [0, 0.05) is 19.6 Å². The van der Waals surface area contributed by atoms with Gasteiger partial charge in [0.05, 0.1) is 32.5 Å². The summed E-state index contributed by atoms with van der Waals surface area (Å²) in [5, 5.41) is 12.7. The molecule has 1 aromatic carbocycles. The van der Waals surface area contributed by atoms with Crippen LogP contribution in [0.1, 0.15) is 43.6 Å². The average Bonchev–Trinajstić information content (AvgIpc) is 3.37. The Balaban J connectivity index is 1.69. The van der Waals surface area contributed by atoms with Crippen molar-refractivity contribution in [3.63, 3.8) is 0 Å². The molecule has 158 valence electrons. The first-order chi connectivity index (χ1) is 14.1. The highest BCUT2D eigenvalue weighted by atomic mass is 32.2. The average molecular weight is 419 g/mol. The van der Waals surface area contributed by atoms with E-state index in [0.29, 0.717) is 18.8 Å². The zero-order chi connectivity index (χ0) is 20.6. The molecule has 0 bridgehead atoms. The second kappa shape index (κ2) is 10.8. The van der Waals surface area contributed by atoms with E-state index >= 15 is 0 Å². The number of rotatable bonds is 10. The minimum atomic E-state index is 0.00610. The van der Waals surface area contributed by atoms with E-state index in [1.54, 1.807) is 0 Å². The van der Waals surface area contributed by atoms with Gasteiger partial charge in [0.15, 0.2) is 11.0 Å². The van der Waals surface area contributed by atoms with Crippen LogP contribution in [0.4, 0.5) is 0 Å². The lowest BCUT2D eigenvalue weighted by Crippen LogP contribution is -3.06. The second-order valence-electron chi connectivity index (χ2n) is 7.68. The van der Waals surface area contributed by atoms with E-state index in [1.807, 2.05) is 18.2 Å². The van der Waals surface area contributed by atoms with Gasteiger partial charge in [0.2, 0.25) is 5.91 Å². The highest BCUT2D eigenvalue weighted by Crippen LogP contribution is 2.22. The molecule has 0 aliphatic carbocycles. The summed E-state index contributed by atoms with van der Waals surface area (Å²) in [6.07, 6.45) is 3.23. The van der Waals surface area contributed by atoms with Crippen LogP contribution >= 0.6 is 11.8 Å². The van der Waals surface area contributed by atoms with Gasteiger partial charge in [-0.25, -0.2) is 0 Å². The minimum absolute atomic E-state index is 0.00610. The predicted molar refractivity (Wildman–Crippen MR) is 114 cm³/mol. The summed E-state index contributed by atoms with van der Waals surface area (Å²) in [5.41, 5.74) is 1.20. The van der Waals surface area contributed by atoms with Gasteiger partial charge in [-0.2, -0.15) is 0 Å². The summed E-state index contributed by atoms with van der Waals surface area (Å²) in [6, 6.07) is 10.6. The van der Waals surface area contributed by atoms with E-state index in [4.69, 9.17) is 4.74 Å². The predicted octanol–water partition coefficient (Wildman–Crippen LogP) is 1.31. The van der Waals surface area contributed by atoms with Gasteiger partial charge in [0.25, 0.3) is 0 Å². The molecule has 0 spiro atoms. The number of aromatic nitrogens is 3. The van der Waals surface area contributed by atoms with Crippen molar-refractivity contribution in [2.45, 2.75) is 50.0 Å². The first-order valence-electron chi connectivity index (χ1n) is 10.4. The number of hydrogen-bond acceptors (Lipinski definition) is 5. The van der Waals surface area contributed by atoms with Crippen LogP contribution in [0.2, 0.25) is 0 Å². The van der Waals surface area contributed by atoms with E-state index in [1.165, 1.54) is 22.2 Å². The van der Waals surface area contributed by atoms with E-state index in [9.17, 15) is 4.79 Å². The number of amides is 1. The number of hydrogen-bond donors (Lipinski definition) is 2. The number of thioether (sulfide) groups is 1. The highest BCUT2D eigenvalue weighted by Gasteiger charge is 2.25. The molecule has 1 amide bonds. The summed E-state index contributed by atoms with van der Waals surface area (Å²) in [4.78, 5) is 13.6. The van der Waals surface area contributed by atoms with Crippen LogP contribution in [0.15, 0.2) is 35.5 Å². The summed E-state index contributed by atoms with van der Waals surface area (Å²) < 4.78 is 7.73.